The van der Waals surface area contributed by atoms with Crippen LogP contribution in [-0.4, -0.2) is 26.8 Å². The van der Waals surface area contributed by atoms with Crippen molar-refractivity contribution in [1.29, 1.82) is 0 Å². The lowest BCUT2D eigenvalue weighted by atomic mass is 10.3. The van der Waals surface area contributed by atoms with Crippen LogP contribution in [0.15, 0.2) is 107 Å². The van der Waals surface area contributed by atoms with Crippen LogP contribution in [0.3, 0.4) is 0 Å². The van der Waals surface area contributed by atoms with Gasteiger partial charge in [0, 0.05) is 12.4 Å². The molecule has 0 amide bonds. The lowest BCUT2D eigenvalue weighted by Gasteiger charge is -2.10. The van der Waals surface area contributed by atoms with Crippen molar-refractivity contribution in [2.45, 2.75) is 22.9 Å². The Morgan fingerprint density at radius 1 is 0.571 bits per heavy atom. The molecule has 0 fully saturated rings. The van der Waals surface area contributed by atoms with Crippen molar-refractivity contribution in [3.05, 3.63) is 109 Å². The number of pyridine rings is 2. The van der Waals surface area contributed by atoms with E-state index in [1.807, 2.05) is 0 Å². The van der Waals surface area contributed by atoms with E-state index < -0.39 is 20.0 Å². The van der Waals surface area contributed by atoms with Crippen molar-refractivity contribution in [1.82, 2.24) is 19.4 Å². The third-order valence-electron chi connectivity index (χ3n) is 4.84. The van der Waals surface area contributed by atoms with E-state index in [4.69, 9.17) is 4.74 Å². The van der Waals surface area contributed by atoms with Gasteiger partial charge >= 0.3 is 0 Å². The van der Waals surface area contributed by atoms with Crippen LogP contribution in [0.4, 0.5) is 0 Å². The highest BCUT2D eigenvalue weighted by Gasteiger charge is 2.16. The number of ether oxygens (including phenoxy) is 1. The van der Waals surface area contributed by atoms with Gasteiger partial charge in [0.25, 0.3) is 0 Å². The largest absolute Gasteiger partial charge is 0.457 e. The summed E-state index contributed by atoms with van der Waals surface area (Å²) in [5, 5.41) is 0. The summed E-state index contributed by atoms with van der Waals surface area (Å²) in [4.78, 5) is 8.35. The second-order valence-corrected chi connectivity index (χ2v) is 10.9. The summed E-state index contributed by atoms with van der Waals surface area (Å²) < 4.78 is 60.7. The number of hydrogen-bond acceptors (Lipinski definition) is 7. The molecule has 180 valence electrons. The molecule has 4 aromatic rings. The molecule has 0 spiro atoms. The van der Waals surface area contributed by atoms with Crippen molar-refractivity contribution in [3.8, 4) is 11.5 Å². The smallest absolute Gasteiger partial charge is 0.240 e. The number of nitrogens with one attached hydrogen (secondary N) is 2. The maximum Gasteiger partial charge on any atom is 0.240 e. The van der Waals surface area contributed by atoms with E-state index in [2.05, 4.69) is 19.4 Å². The lowest BCUT2D eigenvalue weighted by molar-refractivity contribution is 0.481. The van der Waals surface area contributed by atoms with Gasteiger partial charge in [-0.25, -0.2) is 26.3 Å². The first-order valence-electron chi connectivity index (χ1n) is 10.5. The number of nitrogens with zero attached hydrogens (tertiary/aromatic N) is 2. The van der Waals surface area contributed by atoms with Gasteiger partial charge < -0.3 is 4.74 Å². The van der Waals surface area contributed by atoms with E-state index >= 15 is 0 Å². The third kappa shape index (κ3) is 6.70. The van der Waals surface area contributed by atoms with Gasteiger partial charge in [-0.1, -0.05) is 12.1 Å². The molecule has 2 aromatic heterocycles. The Bertz CT molecular complexity index is 1350. The number of aromatic nitrogens is 2. The minimum absolute atomic E-state index is 0.0768. The Kier molecular flexibility index (Phi) is 7.51. The summed E-state index contributed by atoms with van der Waals surface area (Å²) in [5.41, 5.74) is 1.21. The first-order valence-corrected chi connectivity index (χ1v) is 13.5. The van der Waals surface area contributed by atoms with Gasteiger partial charge in [-0.05, 0) is 72.8 Å². The molecule has 2 heterocycles. The van der Waals surface area contributed by atoms with Crippen LogP contribution in [0.5, 0.6) is 11.5 Å². The maximum atomic E-state index is 12.5. The fourth-order valence-corrected chi connectivity index (χ4v) is 5.02. The average Bonchev–Trinajstić information content (AvgIpc) is 2.88. The molecule has 0 bridgehead atoms. The maximum absolute atomic E-state index is 12.5. The second kappa shape index (κ2) is 10.7. The number of rotatable bonds is 10. The third-order valence-corrected chi connectivity index (χ3v) is 7.68. The van der Waals surface area contributed by atoms with Crippen molar-refractivity contribution in [2.75, 3.05) is 0 Å². The van der Waals surface area contributed by atoms with Crippen LogP contribution < -0.4 is 14.2 Å². The van der Waals surface area contributed by atoms with Crippen molar-refractivity contribution in [2.24, 2.45) is 0 Å². The second-order valence-electron chi connectivity index (χ2n) is 7.34. The molecule has 2 N–H and O–H groups in total. The van der Waals surface area contributed by atoms with Crippen LogP contribution >= 0.6 is 0 Å². The molecule has 2 aromatic carbocycles. The first kappa shape index (κ1) is 24.5. The molecule has 11 heteroatoms. The summed E-state index contributed by atoms with van der Waals surface area (Å²) in [6.07, 6.45) is 3.19. The van der Waals surface area contributed by atoms with Crippen molar-refractivity contribution in [3.63, 3.8) is 0 Å². The lowest BCUT2D eigenvalue weighted by Crippen LogP contribution is -2.23. The van der Waals surface area contributed by atoms with E-state index in [0.717, 1.165) is 0 Å². The molecule has 0 aliphatic rings. The van der Waals surface area contributed by atoms with Gasteiger partial charge in [-0.2, -0.15) is 0 Å². The number of hydrogen-bond donors (Lipinski definition) is 2. The van der Waals surface area contributed by atoms with Crippen LogP contribution in [0, 0.1) is 0 Å². The summed E-state index contributed by atoms with van der Waals surface area (Å²) >= 11 is 0. The molecule has 9 nitrogen and oxygen atoms in total. The fraction of sp³-hybridized carbons (Fsp3) is 0.0833. The Morgan fingerprint density at radius 2 is 0.971 bits per heavy atom. The Labute approximate surface area is 204 Å². The Balaban J connectivity index is 1.36. The molecular weight excluding hydrogens is 488 g/mol. The topological polar surface area (TPSA) is 127 Å². The SMILES string of the molecule is O=S(=O)(NCc1ccccn1)c1ccc(Oc2ccc(S(=O)(=O)NCc3ccccn3)cc2)cc1. The highest BCUT2D eigenvalue weighted by atomic mass is 32.2. The van der Waals surface area contributed by atoms with Crippen LogP contribution in [-0.2, 0) is 33.1 Å². The van der Waals surface area contributed by atoms with Gasteiger partial charge in [0.15, 0.2) is 0 Å². The molecular formula is C24H22N4O5S2. The normalized spacial score (nSPS) is 11.8. The predicted molar refractivity (Wildman–Crippen MR) is 129 cm³/mol. The standard InChI is InChI=1S/C24H22N4O5S2/c29-34(30,27-17-19-5-1-3-15-25-19)23-11-7-21(8-12-23)33-22-9-13-24(14-10-22)35(31,32)28-18-20-6-2-4-16-26-20/h1-16,27-28H,17-18H2. The van der Waals surface area contributed by atoms with Gasteiger partial charge in [-0.15, -0.1) is 0 Å². The average molecular weight is 511 g/mol. The molecule has 35 heavy (non-hydrogen) atoms. The zero-order valence-electron chi connectivity index (χ0n) is 18.4. The molecule has 0 saturated heterocycles. The van der Waals surface area contributed by atoms with Gasteiger partial charge in [0.05, 0.1) is 34.3 Å². The van der Waals surface area contributed by atoms with Crippen LogP contribution in [0.25, 0.3) is 0 Å². The van der Waals surface area contributed by atoms with E-state index in [-0.39, 0.29) is 22.9 Å². The molecule has 0 aliphatic carbocycles. The van der Waals surface area contributed by atoms with Crippen molar-refractivity contribution >= 4 is 20.0 Å². The highest BCUT2D eigenvalue weighted by Crippen LogP contribution is 2.24. The highest BCUT2D eigenvalue weighted by molar-refractivity contribution is 7.89. The van der Waals surface area contributed by atoms with Gasteiger partial charge in [0.1, 0.15) is 11.5 Å². The van der Waals surface area contributed by atoms with Gasteiger partial charge in [-0.3, -0.25) is 9.97 Å². The van der Waals surface area contributed by atoms with Crippen molar-refractivity contribution < 1.29 is 21.6 Å². The van der Waals surface area contributed by atoms with E-state index in [1.54, 1.807) is 48.8 Å². The summed E-state index contributed by atoms with van der Waals surface area (Å²) in [5.74, 6) is 0.801. The number of benzene rings is 2. The first-order chi connectivity index (χ1) is 16.8. The van der Waals surface area contributed by atoms with E-state index in [1.165, 1.54) is 48.5 Å². The number of sulfonamides is 2. The van der Waals surface area contributed by atoms with E-state index in [0.29, 0.717) is 22.9 Å². The monoisotopic (exact) mass is 510 g/mol. The zero-order chi connectivity index (χ0) is 24.7. The minimum Gasteiger partial charge on any atom is -0.457 e. The van der Waals surface area contributed by atoms with Crippen LogP contribution in [0.1, 0.15) is 11.4 Å². The fourth-order valence-electron chi connectivity index (χ4n) is 3.02. The minimum atomic E-state index is -3.72. The Hall–Kier alpha value is -3.64. The quantitative estimate of drug-likeness (QED) is 0.335. The molecule has 4 rings (SSSR count). The van der Waals surface area contributed by atoms with E-state index in [9.17, 15) is 16.8 Å². The summed E-state index contributed by atoms with van der Waals surface area (Å²) in [6.45, 7) is 0.154. The molecule has 0 radical (unpaired) electrons. The zero-order valence-corrected chi connectivity index (χ0v) is 20.0. The molecule has 0 unspecified atom stereocenters. The molecule has 0 atom stereocenters. The summed E-state index contributed by atoms with van der Waals surface area (Å²) in [6, 6.07) is 22.3. The predicted octanol–water partition coefficient (Wildman–Crippen LogP) is 3.23. The molecule has 0 saturated carbocycles. The Morgan fingerprint density at radius 3 is 1.31 bits per heavy atom. The molecule has 0 aliphatic heterocycles. The van der Waals surface area contributed by atoms with Gasteiger partial charge in [0.2, 0.25) is 20.0 Å². The summed E-state index contributed by atoms with van der Waals surface area (Å²) in [7, 11) is -7.44. The van der Waals surface area contributed by atoms with Crippen LogP contribution in [0.2, 0.25) is 0 Å².